The predicted octanol–water partition coefficient (Wildman–Crippen LogP) is -0.281. The first-order chi connectivity index (χ1) is 10.2. The van der Waals surface area contributed by atoms with E-state index in [0.717, 1.165) is 6.07 Å². The maximum atomic E-state index is 12.1. The Kier molecular flexibility index (Phi) is 4.15. The summed E-state index contributed by atoms with van der Waals surface area (Å²) in [5.41, 5.74) is 0.391. The third-order valence-corrected chi connectivity index (χ3v) is 4.41. The van der Waals surface area contributed by atoms with Crippen molar-refractivity contribution in [2.75, 3.05) is 10.6 Å². The molecule has 4 N–H and O–H groups in total. The number of carbonyl (C=O) groups is 3. The summed E-state index contributed by atoms with van der Waals surface area (Å²) in [4.78, 5) is 33.4. The zero-order chi connectivity index (χ0) is 16.5. The monoisotopic (exact) mass is 327 g/mol. The highest BCUT2D eigenvalue weighted by Gasteiger charge is 2.24. The average molecular weight is 327 g/mol. The van der Waals surface area contributed by atoms with E-state index in [1.165, 1.54) is 19.1 Å². The van der Waals surface area contributed by atoms with Gasteiger partial charge in [-0.1, -0.05) is 0 Å². The number of carbonyl (C=O) groups excluding carboxylic acids is 2. The number of nitrogens with one attached hydrogen (secondary N) is 3. The number of aliphatic carboxylic acids is 1. The van der Waals surface area contributed by atoms with Gasteiger partial charge in [-0.3, -0.25) is 14.4 Å². The molecule has 0 spiro atoms. The lowest BCUT2D eigenvalue weighted by Gasteiger charge is -2.13. The van der Waals surface area contributed by atoms with Gasteiger partial charge in [0.2, 0.25) is 21.8 Å². The second-order valence-corrected chi connectivity index (χ2v) is 6.38. The summed E-state index contributed by atoms with van der Waals surface area (Å²) in [6.45, 7) is 1.19. The van der Waals surface area contributed by atoms with Crippen LogP contribution in [0.2, 0.25) is 0 Å². The van der Waals surface area contributed by atoms with Crippen molar-refractivity contribution in [3.63, 3.8) is 0 Å². The number of rotatable bonds is 4. The Balaban J connectivity index is 2.37. The second-order valence-electron chi connectivity index (χ2n) is 4.66. The Morgan fingerprint density at radius 3 is 2.41 bits per heavy atom. The van der Waals surface area contributed by atoms with Crippen LogP contribution in [0, 0.1) is 0 Å². The SMILES string of the molecule is C[C@@H](NS(=O)(=O)c1ccc2c(c1)NC(=O)CC(=O)N2)C(=O)O. The van der Waals surface area contributed by atoms with Crippen LogP contribution in [0.25, 0.3) is 0 Å². The molecule has 1 aromatic rings. The summed E-state index contributed by atoms with van der Waals surface area (Å²) < 4.78 is 26.2. The molecule has 0 fully saturated rings. The van der Waals surface area contributed by atoms with Crippen LogP contribution in [0.3, 0.4) is 0 Å². The Hall–Kier alpha value is -2.46. The van der Waals surface area contributed by atoms with Gasteiger partial charge in [-0.15, -0.1) is 0 Å². The minimum atomic E-state index is -4.08. The molecule has 1 aromatic carbocycles. The molecule has 0 saturated carbocycles. The van der Waals surface area contributed by atoms with Crippen LogP contribution < -0.4 is 15.4 Å². The summed E-state index contributed by atoms with van der Waals surface area (Å²) in [5.74, 6) is -2.40. The molecule has 0 radical (unpaired) electrons. The maximum absolute atomic E-state index is 12.1. The molecule has 1 atom stereocenters. The van der Waals surface area contributed by atoms with Crippen LogP contribution in [0.5, 0.6) is 0 Å². The summed E-state index contributed by atoms with van der Waals surface area (Å²) in [7, 11) is -4.08. The van der Waals surface area contributed by atoms with Gasteiger partial charge in [-0.25, -0.2) is 8.42 Å². The van der Waals surface area contributed by atoms with Gasteiger partial charge in [0.15, 0.2) is 0 Å². The molecule has 2 amide bonds. The smallest absolute Gasteiger partial charge is 0.321 e. The number of hydrogen-bond donors (Lipinski definition) is 4. The Morgan fingerprint density at radius 2 is 1.82 bits per heavy atom. The fourth-order valence-electron chi connectivity index (χ4n) is 1.79. The van der Waals surface area contributed by atoms with E-state index in [1.54, 1.807) is 0 Å². The van der Waals surface area contributed by atoms with Crippen LogP contribution in [0.15, 0.2) is 23.1 Å². The lowest BCUT2D eigenvalue weighted by molar-refractivity contribution is -0.138. The molecule has 1 heterocycles. The van der Waals surface area contributed by atoms with Gasteiger partial charge in [-0.2, -0.15) is 4.72 Å². The number of amides is 2. The lowest BCUT2D eigenvalue weighted by atomic mass is 10.2. The van der Waals surface area contributed by atoms with Crippen LogP contribution in [-0.2, 0) is 24.4 Å². The van der Waals surface area contributed by atoms with Gasteiger partial charge in [0, 0.05) is 0 Å². The molecule has 0 aliphatic carbocycles. The molecule has 0 saturated heterocycles. The molecule has 1 aliphatic heterocycles. The van der Waals surface area contributed by atoms with Crippen molar-refractivity contribution < 1.29 is 27.9 Å². The van der Waals surface area contributed by atoms with Crippen molar-refractivity contribution in [1.29, 1.82) is 0 Å². The quantitative estimate of drug-likeness (QED) is 0.560. The number of anilines is 2. The van der Waals surface area contributed by atoms with E-state index in [-0.39, 0.29) is 22.7 Å². The Labute approximate surface area is 125 Å². The highest BCUT2D eigenvalue weighted by atomic mass is 32.2. The van der Waals surface area contributed by atoms with Crippen LogP contribution in [0.1, 0.15) is 13.3 Å². The zero-order valence-corrected chi connectivity index (χ0v) is 12.2. The predicted molar refractivity (Wildman–Crippen MR) is 75.7 cm³/mol. The number of sulfonamides is 1. The highest BCUT2D eigenvalue weighted by Crippen LogP contribution is 2.27. The van der Waals surface area contributed by atoms with Gasteiger partial charge in [-0.05, 0) is 25.1 Å². The van der Waals surface area contributed by atoms with E-state index in [1.807, 2.05) is 4.72 Å². The van der Waals surface area contributed by atoms with Crippen LogP contribution in [0.4, 0.5) is 11.4 Å². The number of carboxylic acids is 1. The molecule has 9 nitrogen and oxygen atoms in total. The van der Waals surface area contributed by atoms with Gasteiger partial charge >= 0.3 is 5.97 Å². The van der Waals surface area contributed by atoms with Gasteiger partial charge in [0.25, 0.3) is 0 Å². The van der Waals surface area contributed by atoms with E-state index < -0.39 is 33.8 Å². The Bertz CT molecular complexity index is 758. The van der Waals surface area contributed by atoms with Crippen molar-refractivity contribution in [1.82, 2.24) is 4.72 Å². The van der Waals surface area contributed by atoms with Gasteiger partial charge < -0.3 is 15.7 Å². The van der Waals surface area contributed by atoms with Crippen molar-refractivity contribution in [3.8, 4) is 0 Å². The zero-order valence-electron chi connectivity index (χ0n) is 11.4. The standard InChI is InChI=1S/C12H13N3O6S/c1-6(12(18)19)15-22(20,21)7-2-3-8-9(4-7)14-11(17)5-10(16)13-8/h2-4,6,15H,5H2,1H3,(H,13,16)(H,14,17)(H,18,19)/t6-/m1/s1. The molecule has 0 bridgehead atoms. The van der Waals surface area contributed by atoms with E-state index in [9.17, 15) is 22.8 Å². The topological polar surface area (TPSA) is 142 Å². The lowest BCUT2D eigenvalue weighted by Crippen LogP contribution is -2.38. The second kappa shape index (κ2) is 5.73. The third-order valence-electron chi connectivity index (χ3n) is 2.87. The summed E-state index contributed by atoms with van der Waals surface area (Å²) in [6.07, 6.45) is -0.370. The highest BCUT2D eigenvalue weighted by molar-refractivity contribution is 7.89. The molecule has 2 rings (SSSR count). The molecule has 0 aromatic heterocycles. The van der Waals surface area contributed by atoms with Crippen molar-refractivity contribution in [2.45, 2.75) is 24.3 Å². The molecule has 22 heavy (non-hydrogen) atoms. The fourth-order valence-corrected chi connectivity index (χ4v) is 3.01. The molecule has 10 heteroatoms. The molecule has 118 valence electrons. The summed E-state index contributed by atoms with van der Waals surface area (Å²) in [5, 5.41) is 13.6. The van der Waals surface area contributed by atoms with E-state index in [4.69, 9.17) is 5.11 Å². The van der Waals surface area contributed by atoms with Gasteiger partial charge in [0.1, 0.15) is 12.5 Å². The molecule has 0 unspecified atom stereocenters. The normalized spacial score (nSPS) is 16.0. The molecular formula is C12H13N3O6S. The van der Waals surface area contributed by atoms with E-state index in [0.29, 0.717) is 0 Å². The first kappa shape index (κ1) is 15.9. The van der Waals surface area contributed by atoms with Gasteiger partial charge in [0.05, 0.1) is 16.3 Å². The van der Waals surface area contributed by atoms with E-state index >= 15 is 0 Å². The van der Waals surface area contributed by atoms with E-state index in [2.05, 4.69) is 10.6 Å². The maximum Gasteiger partial charge on any atom is 0.321 e. The molecular weight excluding hydrogens is 314 g/mol. The molecule has 1 aliphatic rings. The average Bonchev–Trinajstić information content (AvgIpc) is 2.53. The first-order valence-corrected chi connectivity index (χ1v) is 7.66. The summed E-state index contributed by atoms with van der Waals surface area (Å²) in [6, 6.07) is 2.36. The minimum Gasteiger partial charge on any atom is -0.480 e. The minimum absolute atomic E-state index is 0.127. The van der Waals surface area contributed by atoms with Crippen LogP contribution >= 0.6 is 0 Å². The fraction of sp³-hybridized carbons (Fsp3) is 0.250. The summed E-state index contributed by atoms with van der Waals surface area (Å²) >= 11 is 0. The van der Waals surface area contributed by atoms with Crippen molar-refractivity contribution in [2.24, 2.45) is 0 Å². The number of carboxylic acid groups (broad SMARTS) is 1. The van der Waals surface area contributed by atoms with Crippen molar-refractivity contribution >= 4 is 39.2 Å². The first-order valence-electron chi connectivity index (χ1n) is 6.18. The largest absolute Gasteiger partial charge is 0.480 e. The number of hydrogen-bond acceptors (Lipinski definition) is 5. The van der Waals surface area contributed by atoms with Crippen LogP contribution in [-0.4, -0.2) is 37.3 Å². The number of benzene rings is 1. The van der Waals surface area contributed by atoms with Crippen molar-refractivity contribution in [3.05, 3.63) is 18.2 Å². The number of fused-ring (bicyclic) bond motifs is 1. The third kappa shape index (κ3) is 3.40. The Morgan fingerprint density at radius 1 is 1.23 bits per heavy atom.